The van der Waals surface area contributed by atoms with Crippen LogP contribution in [0.2, 0.25) is 0 Å². The first-order chi connectivity index (χ1) is 13.9. The summed E-state index contributed by atoms with van der Waals surface area (Å²) in [6, 6.07) is 4.48. The number of hydrogen-bond donors (Lipinski definition) is 1. The summed E-state index contributed by atoms with van der Waals surface area (Å²) in [6.45, 7) is 5.41. The maximum atomic E-state index is 12.2. The van der Waals surface area contributed by atoms with Crippen molar-refractivity contribution in [3.05, 3.63) is 23.8 Å². The van der Waals surface area contributed by atoms with Gasteiger partial charge in [-0.1, -0.05) is 6.92 Å². The number of benzene rings is 1. The van der Waals surface area contributed by atoms with Crippen LogP contribution in [-0.2, 0) is 19.1 Å². The third-order valence-corrected chi connectivity index (χ3v) is 4.47. The second kappa shape index (κ2) is 11.3. The summed E-state index contributed by atoms with van der Waals surface area (Å²) in [5, 5.41) is 2.72. The van der Waals surface area contributed by atoms with Gasteiger partial charge in [-0.3, -0.25) is 9.59 Å². The fourth-order valence-corrected chi connectivity index (χ4v) is 2.59. The van der Waals surface area contributed by atoms with Crippen LogP contribution >= 0.6 is 0 Å². The Bertz CT molecular complexity index is 717. The molecule has 1 aliphatic heterocycles. The maximum Gasteiger partial charge on any atom is 0.338 e. The Labute approximate surface area is 170 Å². The average molecular weight is 408 g/mol. The maximum absolute atomic E-state index is 12.2. The second-order valence-corrected chi connectivity index (χ2v) is 6.60. The molecule has 0 aliphatic carbocycles. The Balaban J connectivity index is 1.90. The Hall–Kier alpha value is -2.81. The predicted octanol–water partition coefficient (Wildman–Crippen LogP) is 1.00. The largest absolute Gasteiger partial charge is 0.493 e. The van der Waals surface area contributed by atoms with E-state index in [2.05, 4.69) is 5.32 Å². The van der Waals surface area contributed by atoms with Crippen molar-refractivity contribution in [2.45, 2.75) is 26.3 Å². The fourth-order valence-electron chi connectivity index (χ4n) is 2.59. The van der Waals surface area contributed by atoms with Gasteiger partial charge in [0.15, 0.2) is 24.7 Å². The van der Waals surface area contributed by atoms with Crippen molar-refractivity contribution in [1.29, 1.82) is 0 Å². The van der Waals surface area contributed by atoms with Crippen molar-refractivity contribution in [1.82, 2.24) is 10.2 Å². The molecular formula is C20H28N2O7. The van der Waals surface area contributed by atoms with Gasteiger partial charge in [-0.2, -0.15) is 0 Å². The molecule has 0 bridgehead atoms. The van der Waals surface area contributed by atoms with E-state index in [4.69, 9.17) is 18.9 Å². The van der Waals surface area contributed by atoms with E-state index >= 15 is 0 Å². The highest BCUT2D eigenvalue weighted by molar-refractivity contribution is 5.92. The van der Waals surface area contributed by atoms with Crippen LogP contribution in [0.5, 0.6) is 11.5 Å². The lowest BCUT2D eigenvalue weighted by Gasteiger charge is -2.26. The fraction of sp³-hybridized carbons (Fsp3) is 0.550. The van der Waals surface area contributed by atoms with E-state index < -0.39 is 5.97 Å². The summed E-state index contributed by atoms with van der Waals surface area (Å²) in [4.78, 5) is 37.8. The van der Waals surface area contributed by atoms with Crippen molar-refractivity contribution < 1.29 is 33.3 Å². The zero-order valence-electron chi connectivity index (χ0n) is 17.1. The number of amides is 2. The minimum absolute atomic E-state index is 0.0119. The SMILES string of the molecule is CC[C@H](C)NC(=O)COC(=O)c1ccc(OCC(=O)N2CCOCC2)c(OC)c1. The van der Waals surface area contributed by atoms with Gasteiger partial charge in [0, 0.05) is 19.1 Å². The Morgan fingerprint density at radius 3 is 2.55 bits per heavy atom. The smallest absolute Gasteiger partial charge is 0.338 e. The van der Waals surface area contributed by atoms with Gasteiger partial charge in [-0.15, -0.1) is 0 Å². The summed E-state index contributed by atoms with van der Waals surface area (Å²) in [6.07, 6.45) is 0.784. The second-order valence-electron chi connectivity index (χ2n) is 6.60. The zero-order chi connectivity index (χ0) is 21.2. The number of hydrogen-bond acceptors (Lipinski definition) is 7. The number of morpholine rings is 1. The van der Waals surface area contributed by atoms with Crippen molar-refractivity contribution in [3.8, 4) is 11.5 Å². The molecule has 0 aromatic heterocycles. The van der Waals surface area contributed by atoms with E-state index in [1.807, 2.05) is 13.8 Å². The number of carbonyl (C=O) groups is 3. The van der Waals surface area contributed by atoms with Crippen molar-refractivity contribution in [3.63, 3.8) is 0 Å². The number of methoxy groups -OCH3 is 1. The molecule has 0 saturated carbocycles. The number of rotatable bonds is 9. The van der Waals surface area contributed by atoms with E-state index in [0.29, 0.717) is 37.8 Å². The molecule has 9 nitrogen and oxygen atoms in total. The van der Waals surface area contributed by atoms with Crippen molar-refractivity contribution in [2.24, 2.45) is 0 Å². The van der Waals surface area contributed by atoms with Crippen molar-refractivity contribution in [2.75, 3.05) is 46.6 Å². The lowest BCUT2D eigenvalue weighted by Crippen LogP contribution is -2.43. The van der Waals surface area contributed by atoms with Crippen LogP contribution in [0.1, 0.15) is 30.6 Å². The molecule has 9 heteroatoms. The van der Waals surface area contributed by atoms with Gasteiger partial charge in [-0.25, -0.2) is 4.79 Å². The average Bonchev–Trinajstić information content (AvgIpc) is 2.76. The molecular weight excluding hydrogens is 380 g/mol. The monoisotopic (exact) mass is 408 g/mol. The number of carbonyl (C=O) groups excluding carboxylic acids is 3. The van der Waals surface area contributed by atoms with Crippen LogP contribution in [0.3, 0.4) is 0 Å². The van der Waals surface area contributed by atoms with Crippen LogP contribution in [0.25, 0.3) is 0 Å². The molecule has 1 heterocycles. The summed E-state index contributed by atoms with van der Waals surface area (Å²) in [5.74, 6) is -0.538. The highest BCUT2D eigenvalue weighted by Gasteiger charge is 2.19. The summed E-state index contributed by atoms with van der Waals surface area (Å²) >= 11 is 0. The molecule has 1 aromatic rings. The number of esters is 1. The summed E-state index contributed by atoms with van der Waals surface area (Å²) in [5.41, 5.74) is 0.213. The molecule has 0 unspecified atom stereocenters. The van der Waals surface area contributed by atoms with Crippen LogP contribution in [0.4, 0.5) is 0 Å². The third-order valence-electron chi connectivity index (χ3n) is 4.47. The molecule has 2 rings (SSSR count). The van der Waals surface area contributed by atoms with Gasteiger partial charge in [0.25, 0.3) is 11.8 Å². The molecule has 2 amide bonds. The molecule has 160 valence electrons. The molecule has 1 N–H and O–H groups in total. The van der Waals surface area contributed by atoms with Gasteiger partial charge in [-0.05, 0) is 31.5 Å². The molecule has 1 aromatic carbocycles. The zero-order valence-corrected chi connectivity index (χ0v) is 17.1. The Morgan fingerprint density at radius 2 is 1.90 bits per heavy atom. The first-order valence-electron chi connectivity index (χ1n) is 9.57. The van der Waals surface area contributed by atoms with E-state index in [1.54, 1.807) is 4.90 Å². The standard InChI is InChI=1S/C20H28N2O7/c1-4-14(2)21-18(23)12-29-20(25)15-5-6-16(17(11-15)26-3)28-13-19(24)22-7-9-27-10-8-22/h5-6,11,14H,4,7-10,12-13H2,1-3H3,(H,21,23)/t14-/m0/s1. The minimum atomic E-state index is -0.654. The minimum Gasteiger partial charge on any atom is -0.493 e. The van der Waals surface area contributed by atoms with Gasteiger partial charge in [0.2, 0.25) is 0 Å². The normalized spacial score (nSPS) is 14.7. The number of nitrogens with one attached hydrogen (secondary N) is 1. The van der Waals surface area contributed by atoms with Crippen LogP contribution in [0.15, 0.2) is 18.2 Å². The highest BCUT2D eigenvalue weighted by Crippen LogP contribution is 2.28. The lowest BCUT2D eigenvalue weighted by atomic mass is 10.2. The van der Waals surface area contributed by atoms with Crippen molar-refractivity contribution >= 4 is 17.8 Å². The Kier molecular flexibility index (Phi) is 8.72. The molecule has 1 saturated heterocycles. The molecule has 29 heavy (non-hydrogen) atoms. The highest BCUT2D eigenvalue weighted by atomic mass is 16.5. The first kappa shape index (κ1) is 22.5. The summed E-state index contributed by atoms with van der Waals surface area (Å²) in [7, 11) is 1.43. The lowest BCUT2D eigenvalue weighted by molar-refractivity contribution is -0.137. The third kappa shape index (κ3) is 6.94. The molecule has 1 fully saturated rings. The number of ether oxygens (including phenoxy) is 4. The molecule has 1 aliphatic rings. The van der Waals surface area contributed by atoms with Gasteiger partial charge in [0.05, 0.1) is 25.9 Å². The van der Waals surface area contributed by atoms with E-state index in [0.717, 1.165) is 6.42 Å². The van der Waals surface area contributed by atoms with E-state index in [-0.39, 0.29) is 36.6 Å². The first-order valence-corrected chi connectivity index (χ1v) is 9.57. The van der Waals surface area contributed by atoms with Gasteiger partial charge in [0.1, 0.15) is 0 Å². The van der Waals surface area contributed by atoms with Crippen LogP contribution in [0, 0.1) is 0 Å². The molecule has 0 radical (unpaired) electrons. The molecule has 1 atom stereocenters. The summed E-state index contributed by atoms with van der Waals surface area (Å²) < 4.78 is 21.1. The Morgan fingerprint density at radius 1 is 1.17 bits per heavy atom. The van der Waals surface area contributed by atoms with Gasteiger partial charge >= 0.3 is 5.97 Å². The van der Waals surface area contributed by atoms with Gasteiger partial charge < -0.3 is 29.2 Å². The van der Waals surface area contributed by atoms with Crippen LogP contribution in [-0.4, -0.2) is 75.4 Å². The quantitative estimate of drug-likeness (QED) is 0.608. The number of nitrogens with zero attached hydrogens (tertiary/aromatic N) is 1. The van der Waals surface area contributed by atoms with E-state index in [1.165, 1.54) is 25.3 Å². The molecule has 0 spiro atoms. The predicted molar refractivity (Wildman–Crippen MR) is 104 cm³/mol. The topological polar surface area (TPSA) is 103 Å². The van der Waals surface area contributed by atoms with E-state index in [9.17, 15) is 14.4 Å². The van der Waals surface area contributed by atoms with Crippen LogP contribution < -0.4 is 14.8 Å².